The molecule has 1 aliphatic rings. The summed E-state index contributed by atoms with van der Waals surface area (Å²) in [6.07, 6.45) is 1.53. The minimum Gasteiger partial charge on any atom is -0.357 e. The van der Waals surface area contributed by atoms with Gasteiger partial charge < -0.3 is 15.5 Å². The fourth-order valence-electron chi connectivity index (χ4n) is 2.83. The maximum absolute atomic E-state index is 12.1. The fourth-order valence-corrected chi connectivity index (χ4v) is 2.83. The third kappa shape index (κ3) is 5.58. The van der Waals surface area contributed by atoms with Crippen LogP contribution in [0.3, 0.4) is 0 Å². The summed E-state index contributed by atoms with van der Waals surface area (Å²) < 4.78 is 0. The number of rotatable bonds is 7. The van der Waals surface area contributed by atoms with E-state index in [0.717, 1.165) is 38.6 Å². The number of carbonyl (C=O) groups excluding carboxylic acids is 1. The van der Waals surface area contributed by atoms with Gasteiger partial charge in [-0.2, -0.15) is 0 Å². The van der Waals surface area contributed by atoms with Crippen LogP contribution in [0.5, 0.6) is 0 Å². The second kappa shape index (κ2) is 9.18. The van der Waals surface area contributed by atoms with Crippen molar-refractivity contribution in [2.75, 3.05) is 32.7 Å². The lowest BCUT2D eigenvalue weighted by molar-refractivity contribution is -0.127. The molecule has 1 fully saturated rings. The predicted octanol–water partition coefficient (Wildman–Crippen LogP) is 1.65. The minimum atomic E-state index is 0.259. The first-order valence-electron chi connectivity index (χ1n) is 8.56. The number of benzene rings is 1. The second-order valence-corrected chi connectivity index (χ2v) is 5.90. The molecule has 0 bridgehead atoms. The molecule has 0 radical (unpaired) electrons. The van der Waals surface area contributed by atoms with Gasteiger partial charge in [0.25, 0.3) is 0 Å². The van der Waals surface area contributed by atoms with Crippen LogP contribution in [0.2, 0.25) is 0 Å². The van der Waals surface area contributed by atoms with Crippen molar-refractivity contribution in [1.82, 2.24) is 15.5 Å². The molecule has 23 heavy (non-hydrogen) atoms. The van der Waals surface area contributed by atoms with E-state index in [1.807, 2.05) is 23.1 Å². The standard InChI is InChI=1S/C18H28N4O/c1-3-19-18(20-4-2)21-13-16-12-17(23)22(14-16)11-10-15-8-6-5-7-9-15/h5-9,16H,3-4,10-14H2,1-2H3,(H2,19,20,21). The lowest BCUT2D eigenvalue weighted by atomic mass is 10.1. The zero-order valence-corrected chi connectivity index (χ0v) is 14.2. The van der Waals surface area contributed by atoms with Crippen LogP contribution in [-0.4, -0.2) is 49.5 Å². The van der Waals surface area contributed by atoms with Gasteiger partial charge in [-0.1, -0.05) is 30.3 Å². The molecule has 0 aliphatic carbocycles. The van der Waals surface area contributed by atoms with Gasteiger partial charge in [0.15, 0.2) is 5.96 Å². The van der Waals surface area contributed by atoms with Gasteiger partial charge >= 0.3 is 0 Å². The highest BCUT2D eigenvalue weighted by Crippen LogP contribution is 2.18. The average molecular weight is 316 g/mol. The van der Waals surface area contributed by atoms with Crippen LogP contribution in [0.15, 0.2) is 35.3 Å². The van der Waals surface area contributed by atoms with Gasteiger partial charge in [-0.25, -0.2) is 0 Å². The van der Waals surface area contributed by atoms with Crippen LogP contribution < -0.4 is 10.6 Å². The number of likely N-dealkylation sites (tertiary alicyclic amines) is 1. The smallest absolute Gasteiger partial charge is 0.223 e. The summed E-state index contributed by atoms with van der Waals surface area (Å²) in [5, 5.41) is 6.43. The van der Waals surface area contributed by atoms with E-state index in [1.165, 1.54) is 5.56 Å². The van der Waals surface area contributed by atoms with Gasteiger partial charge in [-0.3, -0.25) is 9.79 Å². The predicted molar refractivity (Wildman–Crippen MR) is 94.5 cm³/mol. The second-order valence-electron chi connectivity index (χ2n) is 5.90. The summed E-state index contributed by atoms with van der Waals surface area (Å²) in [6, 6.07) is 10.3. The Hall–Kier alpha value is -2.04. The number of hydrogen-bond donors (Lipinski definition) is 2. The van der Waals surface area contributed by atoms with Crippen molar-refractivity contribution in [2.24, 2.45) is 10.9 Å². The lowest BCUT2D eigenvalue weighted by Gasteiger charge is -2.16. The third-order valence-electron chi connectivity index (χ3n) is 4.00. The van der Waals surface area contributed by atoms with Crippen molar-refractivity contribution in [1.29, 1.82) is 0 Å². The van der Waals surface area contributed by atoms with Crippen LogP contribution in [0, 0.1) is 5.92 Å². The topological polar surface area (TPSA) is 56.7 Å². The van der Waals surface area contributed by atoms with Gasteiger partial charge in [0.1, 0.15) is 0 Å². The maximum atomic E-state index is 12.1. The van der Waals surface area contributed by atoms with Gasteiger partial charge in [-0.05, 0) is 25.8 Å². The van der Waals surface area contributed by atoms with Crippen LogP contribution in [0.25, 0.3) is 0 Å². The number of carbonyl (C=O) groups is 1. The molecule has 1 aromatic rings. The number of hydrogen-bond acceptors (Lipinski definition) is 2. The monoisotopic (exact) mass is 316 g/mol. The van der Waals surface area contributed by atoms with Crippen molar-refractivity contribution in [3.8, 4) is 0 Å². The zero-order valence-electron chi connectivity index (χ0n) is 14.2. The first-order chi connectivity index (χ1) is 11.2. The molecule has 5 nitrogen and oxygen atoms in total. The third-order valence-corrected chi connectivity index (χ3v) is 4.00. The molecule has 1 saturated heterocycles. The molecule has 1 aromatic carbocycles. The molecule has 0 aromatic heterocycles. The highest BCUT2D eigenvalue weighted by molar-refractivity contribution is 5.80. The van der Waals surface area contributed by atoms with E-state index in [2.05, 4.69) is 41.6 Å². The number of nitrogens with zero attached hydrogens (tertiary/aromatic N) is 2. The molecule has 5 heteroatoms. The van der Waals surface area contributed by atoms with Gasteiger partial charge in [-0.15, -0.1) is 0 Å². The first kappa shape index (κ1) is 17.3. The van der Waals surface area contributed by atoms with E-state index in [1.54, 1.807) is 0 Å². The SMILES string of the molecule is CCNC(=NCC1CC(=O)N(CCc2ccccc2)C1)NCC. The highest BCUT2D eigenvalue weighted by Gasteiger charge is 2.28. The average Bonchev–Trinajstić information content (AvgIpc) is 2.92. The Morgan fingerprint density at radius 3 is 2.57 bits per heavy atom. The Balaban J connectivity index is 1.81. The minimum absolute atomic E-state index is 0.259. The Morgan fingerprint density at radius 2 is 1.91 bits per heavy atom. The van der Waals surface area contributed by atoms with Gasteiger partial charge in [0, 0.05) is 45.1 Å². The van der Waals surface area contributed by atoms with Crippen LogP contribution in [-0.2, 0) is 11.2 Å². The highest BCUT2D eigenvalue weighted by atomic mass is 16.2. The van der Waals surface area contributed by atoms with Crippen LogP contribution in [0.4, 0.5) is 0 Å². The largest absolute Gasteiger partial charge is 0.357 e. The number of nitrogens with one attached hydrogen (secondary N) is 2. The van der Waals surface area contributed by atoms with Crippen molar-refractivity contribution < 1.29 is 4.79 Å². The molecule has 1 aliphatic heterocycles. The summed E-state index contributed by atoms with van der Waals surface area (Å²) in [7, 11) is 0. The molecule has 2 N–H and O–H groups in total. The maximum Gasteiger partial charge on any atom is 0.223 e. The number of guanidine groups is 1. The Bertz CT molecular complexity index is 507. The summed E-state index contributed by atoms with van der Waals surface area (Å²) in [5.74, 6) is 1.42. The summed E-state index contributed by atoms with van der Waals surface area (Å²) in [6.45, 7) is 8.12. The van der Waals surface area contributed by atoms with Crippen LogP contribution in [0.1, 0.15) is 25.8 Å². The molecule has 1 amide bonds. The Labute approximate surface area is 139 Å². The van der Waals surface area contributed by atoms with Crippen molar-refractivity contribution >= 4 is 11.9 Å². The molecule has 126 valence electrons. The molecule has 0 spiro atoms. The summed E-state index contributed by atoms with van der Waals surface area (Å²) >= 11 is 0. The molecular weight excluding hydrogens is 288 g/mol. The molecule has 1 heterocycles. The van der Waals surface area contributed by atoms with E-state index in [4.69, 9.17) is 0 Å². The lowest BCUT2D eigenvalue weighted by Crippen LogP contribution is -2.37. The van der Waals surface area contributed by atoms with Crippen molar-refractivity contribution in [3.05, 3.63) is 35.9 Å². The van der Waals surface area contributed by atoms with E-state index < -0.39 is 0 Å². The van der Waals surface area contributed by atoms with E-state index in [-0.39, 0.29) is 5.91 Å². The molecule has 2 rings (SSSR count). The Kier molecular flexibility index (Phi) is 6.91. The van der Waals surface area contributed by atoms with Gasteiger partial charge in [0.2, 0.25) is 5.91 Å². The molecular formula is C18H28N4O. The van der Waals surface area contributed by atoms with Gasteiger partial charge in [0.05, 0.1) is 0 Å². The van der Waals surface area contributed by atoms with E-state index >= 15 is 0 Å². The molecule has 1 atom stereocenters. The van der Waals surface area contributed by atoms with Crippen molar-refractivity contribution in [2.45, 2.75) is 26.7 Å². The quantitative estimate of drug-likeness (QED) is 0.594. The molecule has 0 saturated carbocycles. The van der Waals surface area contributed by atoms with Crippen LogP contribution >= 0.6 is 0 Å². The van der Waals surface area contributed by atoms with Crippen molar-refractivity contribution in [3.63, 3.8) is 0 Å². The fraction of sp³-hybridized carbons (Fsp3) is 0.556. The van der Waals surface area contributed by atoms with E-state index in [9.17, 15) is 4.79 Å². The Morgan fingerprint density at radius 1 is 1.22 bits per heavy atom. The summed E-state index contributed by atoms with van der Waals surface area (Å²) in [5.41, 5.74) is 1.28. The summed E-state index contributed by atoms with van der Waals surface area (Å²) in [4.78, 5) is 18.7. The number of aliphatic imine (C=N–C) groups is 1. The zero-order chi connectivity index (χ0) is 16.5. The molecule has 1 unspecified atom stereocenters. The normalized spacial score (nSPS) is 17.2. The van der Waals surface area contributed by atoms with E-state index in [0.29, 0.717) is 18.9 Å². The first-order valence-corrected chi connectivity index (χ1v) is 8.56. The number of amides is 1.